The van der Waals surface area contributed by atoms with Gasteiger partial charge in [0.05, 0.1) is 15.4 Å². The molecule has 0 aromatic heterocycles. The second-order valence-electron chi connectivity index (χ2n) is 9.14. The molecule has 0 amide bonds. The Balaban J connectivity index is 1.81. The van der Waals surface area contributed by atoms with E-state index in [2.05, 4.69) is 4.58 Å². The van der Waals surface area contributed by atoms with Gasteiger partial charge >= 0.3 is 0 Å². The molecular formula is C25H20FNO7S2. The summed E-state index contributed by atoms with van der Waals surface area (Å²) in [6.45, 7) is 1.83. The van der Waals surface area contributed by atoms with Crippen LogP contribution in [0.25, 0.3) is 5.57 Å². The molecule has 11 heteroatoms. The summed E-state index contributed by atoms with van der Waals surface area (Å²) >= 11 is 0. The number of hydrogen-bond acceptors (Lipinski definition) is 6. The van der Waals surface area contributed by atoms with E-state index in [1.807, 2.05) is 6.07 Å². The maximum Gasteiger partial charge on any atom is 0.294 e. The molecule has 0 unspecified atom stereocenters. The van der Waals surface area contributed by atoms with Crippen LogP contribution >= 0.6 is 0 Å². The molecule has 0 fully saturated rings. The minimum Gasteiger partial charge on any atom is -0.744 e. The minimum atomic E-state index is -5.18. The average molecular weight is 530 g/mol. The molecule has 186 valence electrons. The number of halogens is 1. The lowest BCUT2D eigenvalue weighted by molar-refractivity contribution is 0.434. The summed E-state index contributed by atoms with van der Waals surface area (Å²) in [5.41, 5.74) is 2.66. The van der Waals surface area contributed by atoms with Gasteiger partial charge in [0.1, 0.15) is 40.5 Å². The number of aryl methyl sites for hydroxylation is 1. The number of hydrogen-bond donors (Lipinski definition) is 1. The molecule has 0 aliphatic carbocycles. The monoisotopic (exact) mass is 529 g/mol. The van der Waals surface area contributed by atoms with Crippen molar-refractivity contribution < 1.29 is 35.1 Å². The van der Waals surface area contributed by atoms with Gasteiger partial charge in [-0.25, -0.2) is 17.4 Å². The first-order valence-electron chi connectivity index (χ1n) is 11.4. The minimum absolute atomic E-state index is 0.0505. The summed E-state index contributed by atoms with van der Waals surface area (Å²) < 4.78 is 92.6. The zero-order valence-electron chi connectivity index (χ0n) is 18.8. The van der Waals surface area contributed by atoms with Gasteiger partial charge < -0.3 is 9.29 Å². The Hall–Kier alpha value is -3.12. The number of rotatable bonds is 3. The molecule has 3 aliphatic rings. The second-order valence-corrected chi connectivity index (χ2v) is 11.9. The molecule has 0 saturated carbocycles. The smallest absolute Gasteiger partial charge is 0.294 e. The van der Waals surface area contributed by atoms with E-state index in [-0.39, 0.29) is 11.3 Å². The number of benzene rings is 3. The largest absolute Gasteiger partial charge is 0.744 e. The van der Waals surface area contributed by atoms with Crippen LogP contribution in [0, 0.1) is 5.82 Å². The standard InChI is InChI=1S/C25H20FNO7S2/c26-15-5-7-17-21(12-15)34-25-19-4-2-10-27-9-1-3-14(24(19)27)11-20(25)23(17)18-8-6-16(35(28,29)30)13-22(18)36(31,32)33/h5-8,11-13H,1-4,9-10H2,(H-,28,29,30,31,32,33). The van der Waals surface area contributed by atoms with Crippen LogP contribution in [0.15, 0.2) is 52.3 Å². The van der Waals surface area contributed by atoms with E-state index < -0.39 is 35.8 Å². The highest BCUT2D eigenvalue weighted by Gasteiger charge is 2.32. The normalized spacial score (nSPS) is 16.6. The van der Waals surface area contributed by atoms with Crippen molar-refractivity contribution in [2.45, 2.75) is 35.5 Å². The van der Waals surface area contributed by atoms with Crippen LogP contribution in [0.3, 0.4) is 0 Å². The molecule has 8 nitrogen and oxygen atoms in total. The second kappa shape index (κ2) is 7.94. The summed E-state index contributed by atoms with van der Waals surface area (Å²) in [5, 5.41) is 1.64. The Kier molecular flexibility index (Phi) is 5.14. The highest BCUT2D eigenvalue weighted by Crippen LogP contribution is 2.40. The van der Waals surface area contributed by atoms with Gasteiger partial charge in [-0.3, -0.25) is 4.55 Å². The van der Waals surface area contributed by atoms with Gasteiger partial charge in [0.15, 0.2) is 0 Å². The van der Waals surface area contributed by atoms with Gasteiger partial charge in [-0.2, -0.15) is 8.42 Å². The van der Waals surface area contributed by atoms with Crippen molar-refractivity contribution in [2.75, 3.05) is 13.1 Å². The molecule has 3 aromatic rings. The summed E-state index contributed by atoms with van der Waals surface area (Å²) in [4.78, 5) is -1.52. The van der Waals surface area contributed by atoms with Gasteiger partial charge in [0, 0.05) is 46.4 Å². The molecule has 0 radical (unpaired) electrons. The number of nitrogens with zero attached hydrogens (tertiary/aromatic N) is 1. The van der Waals surface area contributed by atoms with Crippen molar-refractivity contribution in [1.29, 1.82) is 0 Å². The van der Waals surface area contributed by atoms with Crippen LogP contribution in [0.4, 0.5) is 4.39 Å². The molecule has 36 heavy (non-hydrogen) atoms. The van der Waals surface area contributed by atoms with Crippen molar-refractivity contribution in [3.63, 3.8) is 0 Å². The summed E-state index contributed by atoms with van der Waals surface area (Å²) in [7, 11) is -9.95. The van der Waals surface area contributed by atoms with Crippen LogP contribution in [-0.4, -0.2) is 39.0 Å². The quantitative estimate of drug-likeness (QED) is 0.317. The van der Waals surface area contributed by atoms with Crippen LogP contribution in [0.1, 0.15) is 35.1 Å². The lowest BCUT2D eigenvalue weighted by Gasteiger charge is -2.27. The first kappa shape index (κ1) is 23.3. The molecule has 6 rings (SSSR count). The zero-order valence-corrected chi connectivity index (χ0v) is 20.5. The number of fused-ring (bicyclic) bond motifs is 3. The molecule has 3 aliphatic heterocycles. The Morgan fingerprint density at radius 1 is 0.944 bits per heavy atom. The Bertz CT molecular complexity index is 1830. The first-order chi connectivity index (χ1) is 17.0. The molecule has 0 saturated heterocycles. The molecule has 0 atom stereocenters. The Morgan fingerprint density at radius 3 is 2.39 bits per heavy atom. The maximum atomic E-state index is 14.2. The van der Waals surface area contributed by atoms with Crippen LogP contribution in [0.2, 0.25) is 0 Å². The molecular weight excluding hydrogens is 509 g/mol. The number of ether oxygens (including phenoxy) is 1. The lowest BCUT2D eigenvalue weighted by Crippen LogP contribution is -2.45. The highest BCUT2D eigenvalue weighted by molar-refractivity contribution is 7.86. The molecule has 0 spiro atoms. The summed E-state index contributed by atoms with van der Waals surface area (Å²) in [6, 6.07) is 8.64. The van der Waals surface area contributed by atoms with Gasteiger partial charge in [-0.05, 0) is 43.2 Å². The summed E-state index contributed by atoms with van der Waals surface area (Å²) in [5.74, 6) is 0.0828. The highest BCUT2D eigenvalue weighted by atomic mass is 32.2. The van der Waals surface area contributed by atoms with Gasteiger partial charge in [-0.15, -0.1) is 0 Å². The van der Waals surface area contributed by atoms with E-state index in [4.69, 9.17) is 4.74 Å². The van der Waals surface area contributed by atoms with Crippen LogP contribution in [0.5, 0.6) is 11.5 Å². The first-order valence-corrected chi connectivity index (χ1v) is 14.2. The van der Waals surface area contributed by atoms with E-state index in [0.717, 1.165) is 54.9 Å². The SMILES string of the molecule is O=S(=O)([O-])c1cc(S(=O)(=O)O)ccc1C1=c2cc3c4c(c2Oc2cc(F)ccc21)CCC[N+]=4CCC3. The van der Waals surface area contributed by atoms with Crippen molar-refractivity contribution in [1.82, 2.24) is 4.58 Å². The van der Waals surface area contributed by atoms with Crippen LogP contribution in [-0.2, 0) is 33.1 Å². The van der Waals surface area contributed by atoms with Crippen molar-refractivity contribution in [3.8, 4) is 11.5 Å². The average Bonchev–Trinajstić information content (AvgIpc) is 2.82. The van der Waals surface area contributed by atoms with E-state index in [1.165, 1.54) is 24.3 Å². The van der Waals surface area contributed by atoms with Gasteiger partial charge in [0.2, 0.25) is 5.36 Å². The molecule has 1 N–H and O–H groups in total. The molecule has 0 bridgehead atoms. The maximum absolute atomic E-state index is 14.2. The molecule has 3 heterocycles. The van der Waals surface area contributed by atoms with E-state index in [1.54, 1.807) is 0 Å². The lowest BCUT2D eigenvalue weighted by atomic mass is 9.87. The summed E-state index contributed by atoms with van der Waals surface area (Å²) in [6.07, 6.45) is 3.37. The zero-order chi connectivity index (χ0) is 25.4. The Morgan fingerprint density at radius 2 is 1.67 bits per heavy atom. The van der Waals surface area contributed by atoms with Gasteiger partial charge in [0.25, 0.3) is 10.1 Å². The third-order valence-corrected chi connectivity index (χ3v) is 8.68. The topological polar surface area (TPSA) is 124 Å². The van der Waals surface area contributed by atoms with E-state index in [0.29, 0.717) is 34.6 Å². The fourth-order valence-corrected chi connectivity index (χ4v) is 6.83. The fourth-order valence-electron chi connectivity index (χ4n) is 5.54. The third kappa shape index (κ3) is 3.65. The predicted molar refractivity (Wildman–Crippen MR) is 126 cm³/mol. The third-order valence-electron chi connectivity index (χ3n) is 6.96. The van der Waals surface area contributed by atoms with E-state index >= 15 is 0 Å². The van der Waals surface area contributed by atoms with Crippen LogP contribution < -0.4 is 19.9 Å². The predicted octanol–water partition coefficient (Wildman–Crippen LogP) is 1.71. The van der Waals surface area contributed by atoms with Crippen molar-refractivity contribution >= 4 is 25.8 Å². The van der Waals surface area contributed by atoms with E-state index in [9.17, 15) is 30.3 Å². The molecule has 3 aromatic carbocycles. The van der Waals surface area contributed by atoms with Crippen molar-refractivity contribution in [3.05, 3.63) is 81.1 Å². The Labute approximate surface area is 206 Å². The fraction of sp³-hybridized carbons (Fsp3) is 0.240. The van der Waals surface area contributed by atoms with Gasteiger partial charge in [-0.1, -0.05) is 6.07 Å². The van der Waals surface area contributed by atoms with Crippen molar-refractivity contribution in [2.24, 2.45) is 0 Å².